The molecule has 9 heteroatoms. The number of amidine groups is 1. The number of benzene rings is 1. The van der Waals surface area contributed by atoms with Crippen molar-refractivity contribution in [2.75, 3.05) is 13.1 Å². The lowest BCUT2D eigenvalue weighted by Crippen LogP contribution is -2.37. The smallest absolute Gasteiger partial charge is 0.272 e. The van der Waals surface area contributed by atoms with Gasteiger partial charge in [0.05, 0.1) is 16.4 Å². The Kier molecular flexibility index (Phi) is 5.97. The van der Waals surface area contributed by atoms with Crippen molar-refractivity contribution < 1.29 is 4.79 Å². The van der Waals surface area contributed by atoms with Crippen LogP contribution in [0.25, 0.3) is 11.0 Å². The maximum absolute atomic E-state index is 13.2. The first kappa shape index (κ1) is 22.9. The number of pyridine rings is 1. The Hall–Kier alpha value is -3.26. The Labute approximate surface area is 197 Å². The van der Waals surface area contributed by atoms with Crippen molar-refractivity contribution in [2.24, 2.45) is 12.8 Å². The Balaban J connectivity index is 0.00000259. The average Bonchev–Trinajstić information content (AvgIpc) is 3.42. The van der Waals surface area contributed by atoms with Crippen molar-refractivity contribution in [3.8, 4) is 0 Å². The van der Waals surface area contributed by atoms with Gasteiger partial charge in [-0.05, 0) is 55.5 Å². The van der Waals surface area contributed by atoms with Crippen LogP contribution in [0.1, 0.15) is 48.2 Å². The molecule has 2 aromatic heterocycles. The highest BCUT2D eigenvalue weighted by molar-refractivity contribution is 5.94. The highest BCUT2D eigenvalue weighted by Gasteiger charge is 2.53. The van der Waals surface area contributed by atoms with Crippen LogP contribution in [-0.2, 0) is 23.7 Å². The molecule has 2 fully saturated rings. The molecular weight excluding hydrogens is 440 g/mol. The van der Waals surface area contributed by atoms with E-state index in [0.29, 0.717) is 22.5 Å². The summed E-state index contributed by atoms with van der Waals surface area (Å²) in [5.41, 5.74) is 8.94. The molecule has 2 aliphatic rings. The normalized spacial score (nSPS) is 16.5. The van der Waals surface area contributed by atoms with Gasteiger partial charge in [0.25, 0.3) is 5.56 Å². The third-order valence-corrected chi connectivity index (χ3v) is 6.73. The number of fused-ring (bicyclic) bond motifs is 1. The van der Waals surface area contributed by atoms with E-state index in [1.54, 1.807) is 23.7 Å². The number of carbonyl (C=O) groups excluding carboxylic acids is 1. The SMILES string of the molecule is Cl.Cn1c(=O)c(Cc2ccc(C(=N)N)cn2)nc2cc(C3(C(=O)N4CCCC4)CC3)ccc21. The van der Waals surface area contributed by atoms with Gasteiger partial charge in [0.1, 0.15) is 11.5 Å². The fraction of sp³-hybridized carbons (Fsp3) is 0.375. The maximum atomic E-state index is 13.2. The van der Waals surface area contributed by atoms with Crippen molar-refractivity contribution in [2.45, 2.75) is 37.5 Å². The first-order valence-electron chi connectivity index (χ1n) is 11.0. The summed E-state index contributed by atoms with van der Waals surface area (Å²) in [6, 6.07) is 9.33. The number of amides is 1. The molecule has 0 unspecified atom stereocenters. The number of nitrogen functional groups attached to an aromatic ring is 1. The van der Waals surface area contributed by atoms with Gasteiger partial charge in [-0.1, -0.05) is 6.07 Å². The van der Waals surface area contributed by atoms with Crippen molar-refractivity contribution in [1.82, 2.24) is 19.4 Å². The van der Waals surface area contributed by atoms with Gasteiger partial charge in [-0.25, -0.2) is 4.98 Å². The van der Waals surface area contributed by atoms with E-state index < -0.39 is 5.41 Å². The Bertz CT molecular complexity index is 1290. The molecule has 0 radical (unpaired) electrons. The number of aryl methyl sites for hydroxylation is 1. The van der Waals surface area contributed by atoms with E-state index in [9.17, 15) is 9.59 Å². The number of nitrogens with one attached hydrogen (secondary N) is 1. The Morgan fingerprint density at radius 1 is 1.18 bits per heavy atom. The lowest BCUT2D eigenvalue weighted by Gasteiger charge is -2.23. The minimum Gasteiger partial charge on any atom is -0.384 e. The molecule has 1 aliphatic heterocycles. The molecule has 0 spiro atoms. The molecule has 0 atom stereocenters. The van der Waals surface area contributed by atoms with Gasteiger partial charge < -0.3 is 15.2 Å². The number of hydrogen-bond acceptors (Lipinski definition) is 5. The molecule has 8 nitrogen and oxygen atoms in total. The summed E-state index contributed by atoms with van der Waals surface area (Å²) in [6.07, 6.45) is 5.69. The van der Waals surface area contributed by atoms with Crippen molar-refractivity contribution >= 4 is 35.2 Å². The van der Waals surface area contributed by atoms with Crippen molar-refractivity contribution in [1.29, 1.82) is 5.41 Å². The molecule has 5 rings (SSSR count). The lowest BCUT2D eigenvalue weighted by molar-refractivity contribution is -0.132. The first-order chi connectivity index (χ1) is 15.4. The number of halogens is 1. The predicted molar refractivity (Wildman–Crippen MR) is 129 cm³/mol. The van der Waals surface area contributed by atoms with Gasteiger partial charge in [0.2, 0.25) is 5.91 Å². The van der Waals surface area contributed by atoms with Crippen LogP contribution >= 0.6 is 12.4 Å². The summed E-state index contributed by atoms with van der Waals surface area (Å²) in [5.74, 6) is 0.183. The molecule has 172 valence electrons. The van der Waals surface area contributed by atoms with Gasteiger partial charge in [-0.2, -0.15) is 0 Å². The summed E-state index contributed by atoms with van der Waals surface area (Å²) in [6.45, 7) is 1.70. The average molecular weight is 467 g/mol. The molecule has 3 heterocycles. The highest BCUT2D eigenvalue weighted by atomic mass is 35.5. The molecule has 3 aromatic rings. The zero-order valence-electron chi connectivity index (χ0n) is 18.5. The summed E-state index contributed by atoms with van der Waals surface area (Å²) < 4.78 is 1.60. The Morgan fingerprint density at radius 2 is 1.91 bits per heavy atom. The van der Waals surface area contributed by atoms with Crippen LogP contribution in [0.4, 0.5) is 0 Å². The van der Waals surface area contributed by atoms with E-state index in [1.807, 2.05) is 23.1 Å². The van der Waals surface area contributed by atoms with Crippen molar-refractivity contribution in [3.63, 3.8) is 0 Å². The second-order valence-electron chi connectivity index (χ2n) is 8.84. The van der Waals surface area contributed by atoms with E-state index in [4.69, 9.17) is 11.1 Å². The topological polar surface area (TPSA) is 118 Å². The van der Waals surface area contributed by atoms with E-state index in [0.717, 1.165) is 49.9 Å². The van der Waals surface area contributed by atoms with Gasteiger partial charge in [-0.15, -0.1) is 12.4 Å². The molecule has 3 N–H and O–H groups in total. The number of hydrogen-bond donors (Lipinski definition) is 2. The largest absolute Gasteiger partial charge is 0.384 e. The minimum absolute atomic E-state index is 0. The number of nitrogens with zero attached hydrogens (tertiary/aromatic N) is 4. The van der Waals surface area contributed by atoms with Crippen LogP contribution < -0.4 is 11.3 Å². The molecule has 1 saturated carbocycles. The second-order valence-corrected chi connectivity index (χ2v) is 8.84. The van der Waals surface area contributed by atoms with Gasteiger partial charge in [0, 0.05) is 44.0 Å². The molecular formula is C24H27ClN6O2. The van der Waals surface area contributed by atoms with E-state index in [2.05, 4.69) is 9.97 Å². The fourth-order valence-corrected chi connectivity index (χ4v) is 4.64. The van der Waals surface area contributed by atoms with Gasteiger partial charge in [0.15, 0.2) is 0 Å². The van der Waals surface area contributed by atoms with Crippen LogP contribution in [-0.4, -0.2) is 44.3 Å². The monoisotopic (exact) mass is 466 g/mol. The number of rotatable bonds is 5. The van der Waals surface area contributed by atoms with Gasteiger partial charge >= 0.3 is 0 Å². The number of nitrogens with two attached hydrogens (primary N) is 1. The lowest BCUT2D eigenvalue weighted by atomic mass is 9.93. The minimum atomic E-state index is -0.431. The van der Waals surface area contributed by atoms with Crippen LogP contribution in [0, 0.1) is 5.41 Å². The number of aromatic nitrogens is 3. The molecule has 1 aromatic carbocycles. The third kappa shape index (κ3) is 3.99. The zero-order valence-corrected chi connectivity index (χ0v) is 19.3. The Morgan fingerprint density at radius 3 is 2.52 bits per heavy atom. The molecule has 33 heavy (non-hydrogen) atoms. The molecule has 0 bridgehead atoms. The van der Waals surface area contributed by atoms with E-state index >= 15 is 0 Å². The van der Waals surface area contributed by atoms with Crippen LogP contribution in [0.2, 0.25) is 0 Å². The second kappa shape index (κ2) is 8.59. The van der Waals surface area contributed by atoms with E-state index in [1.165, 1.54) is 6.20 Å². The number of likely N-dealkylation sites (tertiary alicyclic amines) is 1. The van der Waals surface area contributed by atoms with Gasteiger partial charge in [-0.3, -0.25) is 20.0 Å². The number of carbonyl (C=O) groups is 1. The fourth-order valence-electron chi connectivity index (χ4n) is 4.64. The van der Waals surface area contributed by atoms with Crippen LogP contribution in [0.3, 0.4) is 0 Å². The summed E-state index contributed by atoms with van der Waals surface area (Å²) in [4.78, 5) is 37.1. The quantitative estimate of drug-likeness (QED) is 0.441. The van der Waals surface area contributed by atoms with Crippen LogP contribution in [0.15, 0.2) is 41.3 Å². The summed E-state index contributed by atoms with van der Waals surface area (Å²) in [7, 11) is 1.74. The standard InChI is InChI=1S/C24H26N6O2.ClH/c1-29-20-7-5-16(24(8-9-24)23(32)30-10-2-3-11-30)12-18(20)28-19(22(29)31)13-17-6-4-15(14-27-17)21(25)26;/h4-7,12,14H,2-3,8-11,13H2,1H3,(H3,25,26);1H. The zero-order chi connectivity index (χ0) is 22.5. The maximum Gasteiger partial charge on any atom is 0.272 e. The first-order valence-corrected chi connectivity index (χ1v) is 11.0. The van der Waals surface area contributed by atoms with Crippen LogP contribution in [0.5, 0.6) is 0 Å². The third-order valence-electron chi connectivity index (χ3n) is 6.73. The predicted octanol–water partition coefficient (Wildman–Crippen LogP) is 2.28. The summed E-state index contributed by atoms with van der Waals surface area (Å²) in [5, 5.41) is 7.48. The molecule has 1 saturated heterocycles. The molecule has 1 amide bonds. The summed E-state index contributed by atoms with van der Waals surface area (Å²) >= 11 is 0. The molecule has 1 aliphatic carbocycles. The highest BCUT2D eigenvalue weighted by Crippen LogP contribution is 2.50. The van der Waals surface area contributed by atoms with E-state index in [-0.39, 0.29) is 36.1 Å². The van der Waals surface area contributed by atoms with Crippen molar-refractivity contribution in [3.05, 3.63) is 69.4 Å².